The van der Waals surface area contributed by atoms with E-state index in [1.54, 1.807) is 10.7 Å². The fourth-order valence-corrected chi connectivity index (χ4v) is 1.97. The molecule has 6 heteroatoms. The molecule has 5 nitrogen and oxygen atoms in total. The molecule has 0 spiro atoms. The number of halogens is 1. The van der Waals surface area contributed by atoms with Gasteiger partial charge in [0.2, 0.25) is 5.95 Å². The van der Waals surface area contributed by atoms with Crippen molar-refractivity contribution in [2.45, 2.75) is 6.42 Å². The Labute approximate surface area is 109 Å². The summed E-state index contributed by atoms with van der Waals surface area (Å²) in [6.45, 7) is 0.722. The molecular formula is C13H14FN5. The lowest BCUT2D eigenvalue weighted by Gasteiger charge is -1.99. The van der Waals surface area contributed by atoms with Gasteiger partial charge in [-0.1, -0.05) is 0 Å². The van der Waals surface area contributed by atoms with Gasteiger partial charge in [0.15, 0.2) is 0 Å². The van der Waals surface area contributed by atoms with Crippen LogP contribution < -0.4 is 5.32 Å². The summed E-state index contributed by atoms with van der Waals surface area (Å²) < 4.78 is 14.8. The van der Waals surface area contributed by atoms with Crippen molar-refractivity contribution in [1.82, 2.24) is 19.7 Å². The number of aromatic amines is 1. The van der Waals surface area contributed by atoms with E-state index >= 15 is 0 Å². The lowest BCUT2D eigenvalue weighted by atomic mass is 10.3. The zero-order valence-electron chi connectivity index (χ0n) is 10.5. The van der Waals surface area contributed by atoms with Crippen LogP contribution in [-0.2, 0) is 13.5 Å². The largest absolute Gasteiger partial charge is 0.355 e. The number of hydrogen-bond donors (Lipinski definition) is 2. The van der Waals surface area contributed by atoms with E-state index in [1.807, 2.05) is 19.3 Å². The van der Waals surface area contributed by atoms with E-state index < -0.39 is 0 Å². The van der Waals surface area contributed by atoms with Gasteiger partial charge >= 0.3 is 0 Å². The van der Waals surface area contributed by atoms with Crippen LogP contribution in [0.4, 0.5) is 10.3 Å². The molecule has 3 aromatic rings. The van der Waals surface area contributed by atoms with Crippen molar-refractivity contribution in [2.75, 3.05) is 11.9 Å². The molecule has 0 bridgehead atoms. The van der Waals surface area contributed by atoms with Crippen LogP contribution >= 0.6 is 0 Å². The van der Waals surface area contributed by atoms with E-state index in [0.717, 1.165) is 24.2 Å². The van der Waals surface area contributed by atoms with E-state index in [4.69, 9.17) is 0 Å². The molecule has 0 amide bonds. The molecule has 0 aliphatic heterocycles. The molecule has 0 saturated heterocycles. The Morgan fingerprint density at radius 3 is 3.05 bits per heavy atom. The molecule has 0 fully saturated rings. The van der Waals surface area contributed by atoms with Gasteiger partial charge in [-0.05, 0) is 24.3 Å². The van der Waals surface area contributed by atoms with Crippen LogP contribution in [-0.4, -0.2) is 26.3 Å². The monoisotopic (exact) mass is 259 g/mol. The maximum absolute atomic E-state index is 13.0. The molecule has 0 radical (unpaired) electrons. The third-order valence-corrected chi connectivity index (χ3v) is 2.89. The Kier molecular flexibility index (Phi) is 2.91. The van der Waals surface area contributed by atoms with Crippen LogP contribution in [0.3, 0.4) is 0 Å². The van der Waals surface area contributed by atoms with Gasteiger partial charge in [0.1, 0.15) is 5.82 Å². The lowest BCUT2D eigenvalue weighted by molar-refractivity contribution is 0.629. The Morgan fingerprint density at radius 2 is 2.26 bits per heavy atom. The average Bonchev–Trinajstić information content (AvgIpc) is 2.95. The van der Waals surface area contributed by atoms with E-state index in [0.29, 0.717) is 11.5 Å². The van der Waals surface area contributed by atoms with E-state index in [-0.39, 0.29) is 5.82 Å². The lowest BCUT2D eigenvalue weighted by Crippen LogP contribution is -2.06. The first-order chi connectivity index (χ1) is 9.20. The highest BCUT2D eigenvalue weighted by Crippen LogP contribution is 2.15. The van der Waals surface area contributed by atoms with E-state index in [2.05, 4.69) is 20.4 Å². The van der Waals surface area contributed by atoms with Crippen molar-refractivity contribution in [1.29, 1.82) is 0 Å². The maximum Gasteiger partial charge on any atom is 0.201 e. The second-order valence-electron chi connectivity index (χ2n) is 4.40. The van der Waals surface area contributed by atoms with Gasteiger partial charge in [-0.3, -0.25) is 4.68 Å². The van der Waals surface area contributed by atoms with Crippen LogP contribution in [0.1, 0.15) is 5.69 Å². The number of nitrogens with one attached hydrogen (secondary N) is 2. The van der Waals surface area contributed by atoms with Gasteiger partial charge in [0, 0.05) is 26.2 Å². The van der Waals surface area contributed by atoms with Crippen molar-refractivity contribution in [2.24, 2.45) is 7.05 Å². The summed E-state index contributed by atoms with van der Waals surface area (Å²) in [6, 6.07) is 6.48. The fraction of sp³-hybridized carbons (Fsp3) is 0.231. The molecule has 0 aliphatic carbocycles. The second-order valence-corrected chi connectivity index (χ2v) is 4.40. The summed E-state index contributed by atoms with van der Waals surface area (Å²) in [6.07, 6.45) is 2.73. The molecule has 0 saturated carbocycles. The number of rotatable bonds is 4. The number of aryl methyl sites for hydroxylation is 1. The number of aromatic nitrogens is 4. The Bertz CT molecular complexity index is 700. The molecule has 1 aromatic carbocycles. The number of imidazole rings is 1. The molecule has 2 aromatic heterocycles. The number of anilines is 1. The predicted octanol–water partition coefficient (Wildman–Crippen LogP) is 2.09. The van der Waals surface area contributed by atoms with Crippen LogP contribution in [0.25, 0.3) is 11.0 Å². The van der Waals surface area contributed by atoms with Gasteiger partial charge in [-0.25, -0.2) is 9.37 Å². The first-order valence-electron chi connectivity index (χ1n) is 6.08. The van der Waals surface area contributed by atoms with Crippen LogP contribution in [0.5, 0.6) is 0 Å². The van der Waals surface area contributed by atoms with Gasteiger partial charge in [0.05, 0.1) is 16.7 Å². The van der Waals surface area contributed by atoms with Gasteiger partial charge in [-0.2, -0.15) is 5.10 Å². The smallest absolute Gasteiger partial charge is 0.201 e. The third-order valence-electron chi connectivity index (χ3n) is 2.89. The number of H-pyrrole nitrogens is 1. The quantitative estimate of drug-likeness (QED) is 0.754. The zero-order chi connectivity index (χ0) is 13.2. The SMILES string of the molecule is Cn1ccc(CCNc2nc3ccc(F)cc3[nH]2)n1. The van der Waals surface area contributed by atoms with Crippen molar-refractivity contribution >= 4 is 17.0 Å². The highest BCUT2D eigenvalue weighted by Gasteiger charge is 2.03. The molecule has 0 aliphatic rings. The number of benzene rings is 1. The summed E-state index contributed by atoms with van der Waals surface area (Å²) in [5, 5.41) is 7.47. The summed E-state index contributed by atoms with van der Waals surface area (Å²) in [7, 11) is 1.89. The number of nitrogens with zero attached hydrogens (tertiary/aromatic N) is 3. The molecule has 2 N–H and O–H groups in total. The molecular weight excluding hydrogens is 245 g/mol. The van der Waals surface area contributed by atoms with Crippen molar-refractivity contribution in [3.63, 3.8) is 0 Å². The minimum atomic E-state index is -0.267. The molecule has 98 valence electrons. The van der Waals surface area contributed by atoms with Gasteiger partial charge in [-0.15, -0.1) is 0 Å². The van der Waals surface area contributed by atoms with E-state index in [9.17, 15) is 4.39 Å². The summed E-state index contributed by atoms with van der Waals surface area (Å²) >= 11 is 0. The number of fused-ring (bicyclic) bond motifs is 1. The zero-order valence-corrected chi connectivity index (χ0v) is 10.5. The Hall–Kier alpha value is -2.37. The van der Waals surface area contributed by atoms with Crippen LogP contribution in [0, 0.1) is 5.82 Å². The van der Waals surface area contributed by atoms with Gasteiger partial charge in [0.25, 0.3) is 0 Å². The Morgan fingerprint density at radius 1 is 1.37 bits per heavy atom. The molecule has 19 heavy (non-hydrogen) atoms. The average molecular weight is 259 g/mol. The van der Waals surface area contributed by atoms with Crippen molar-refractivity contribution < 1.29 is 4.39 Å². The highest BCUT2D eigenvalue weighted by atomic mass is 19.1. The summed E-state index contributed by atoms with van der Waals surface area (Å²) in [5.74, 6) is 0.382. The normalized spacial score (nSPS) is 11.1. The minimum absolute atomic E-state index is 0.267. The number of hydrogen-bond acceptors (Lipinski definition) is 3. The van der Waals surface area contributed by atoms with Crippen LogP contribution in [0.15, 0.2) is 30.5 Å². The summed E-state index contributed by atoms with van der Waals surface area (Å²) in [5.41, 5.74) is 2.47. The third kappa shape index (κ3) is 2.57. The van der Waals surface area contributed by atoms with Crippen molar-refractivity contribution in [3.8, 4) is 0 Å². The first-order valence-corrected chi connectivity index (χ1v) is 6.08. The maximum atomic E-state index is 13.0. The standard InChI is InChI=1S/C13H14FN5/c1-19-7-5-10(18-19)4-6-15-13-16-11-3-2-9(14)8-12(11)17-13/h2-3,5,7-8H,4,6H2,1H3,(H2,15,16,17). The molecule has 2 heterocycles. The Balaban J connectivity index is 1.65. The topological polar surface area (TPSA) is 58.5 Å². The molecule has 3 rings (SSSR count). The fourth-order valence-electron chi connectivity index (χ4n) is 1.97. The molecule has 0 atom stereocenters. The first kappa shape index (κ1) is 11.7. The summed E-state index contributed by atoms with van der Waals surface area (Å²) in [4.78, 5) is 7.37. The second kappa shape index (κ2) is 4.72. The van der Waals surface area contributed by atoms with Gasteiger partial charge < -0.3 is 10.3 Å². The van der Waals surface area contributed by atoms with Crippen LogP contribution in [0.2, 0.25) is 0 Å². The predicted molar refractivity (Wildman–Crippen MR) is 71.5 cm³/mol. The van der Waals surface area contributed by atoms with E-state index in [1.165, 1.54) is 12.1 Å². The molecule has 0 unspecified atom stereocenters. The van der Waals surface area contributed by atoms with Crippen molar-refractivity contribution in [3.05, 3.63) is 42.0 Å². The minimum Gasteiger partial charge on any atom is -0.355 e. The highest BCUT2D eigenvalue weighted by molar-refractivity contribution is 5.77.